The van der Waals surface area contributed by atoms with Crippen molar-refractivity contribution in [2.24, 2.45) is 0 Å². The third-order valence-corrected chi connectivity index (χ3v) is 4.61. The van der Waals surface area contributed by atoms with E-state index < -0.39 is 0 Å². The molecule has 25 heavy (non-hydrogen) atoms. The van der Waals surface area contributed by atoms with Crippen molar-refractivity contribution in [2.45, 2.75) is 96.8 Å². The Morgan fingerprint density at radius 3 is 1.52 bits per heavy atom. The molecule has 1 N–H and O–H groups in total. The summed E-state index contributed by atoms with van der Waals surface area (Å²) in [7, 11) is 6.45. The Balaban J connectivity index is 0. The SMILES string of the molecule is CCCCCCCCCCCCCCCC(=O)NCC[N+](C)(C)C.[I-]. The van der Waals surface area contributed by atoms with Gasteiger partial charge in [0.2, 0.25) is 5.91 Å². The van der Waals surface area contributed by atoms with E-state index in [1.807, 2.05) is 0 Å². The third kappa shape index (κ3) is 24.2. The van der Waals surface area contributed by atoms with Gasteiger partial charge in [0.05, 0.1) is 34.2 Å². The van der Waals surface area contributed by atoms with E-state index in [0.29, 0.717) is 6.42 Å². The second kappa shape index (κ2) is 18.9. The molecule has 0 rings (SSSR count). The maximum Gasteiger partial charge on any atom is 0.220 e. The molecule has 152 valence electrons. The highest BCUT2D eigenvalue weighted by atomic mass is 127. The van der Waals surface area contributed by atoms with Gasteiger partial charge in [0.15, 0.2) is 0 Å². The number of rotatable bonds is 17. The van der Waals surface area contributed by atoms with Crippen molar-refractivity contribution in [1.82, 2.24) is 5.32 Å². The van der Waals surface area contributed by atoms with Crippen LogP contribution < -0.4 is 29.3 Å². The van der Waals surface area contributed by atoms with Gasteiger partial charge in [-0.15, -0.1) is 0 Å². The number of halogens is 1. The van der Waals surface area contributed by atoms with Gasteiger partial charge in [0.25, 0.3) is 0 Å². The zero-order chi connectivity index (χ0) is 18.1. The number of amides is 1. The highest BCUT2D eigenvalue weighted by Gasteiger charge is 2.07. The summed E-state index contributed by atoms with van der Waals surface area (Å²) in [4.78, 5) is 11.7. The Bertz CT molecular complexity index is 290. The molecule has 0 aliphatic carbocycles. The summed E-state index contributed by atoms with van der Waals surface area (Å²) in [6.45, 7) is 4.06. The van der Waals surface area contributed by atoms with Crippen LogP contribution in [-0.2, 0) is 4.79 Å². The minimum Gasteiger partial charge on any atom is -1.00 e. The zero-order valence-corrected chi connectivity index (χ0v) is 19.7. The molecule has 0 atom stereocenters. The van der Waals surface area contributed by atoms with Gasteiger partial charge in [-0.1, -0.05) is 84.0 Å². The Hall–Kier alpha value is 0.160. The molecule has 0 heterocycles. The topological polar surface area (TPSA) is 29.1 Å². The van der Waals surface area contributed by atoms with Crippen LogP contribution in [0.2, 0.25) is 0 Å². The summed E-state index contributed by atoms with van der Waals surface area (Å²) in [5.41, 5.74) is 0. The first-order valence-corrected chi connectivity index (χ1v) is 10.5. The molecule has 0 aromatic carbocycles. The first kappa shape index (κ1) is 27.4. The van der Waals surface area contributed by atoms with E-state index in [2.05, 4.69) is 33.4 Å². The van der Waals surface area contributed by atoms with Crippen molar-refractivity contribution in [3.8, 4) is 0 Å². The van der Waals surface area contributed by atoms with Gasteiger partial charge in [0.1, 0.15) is 0 Å². The number of hydrogen-bond donors (Lipinski definition) is 1. The highest BCUT2D eigenvalue weighted by Crippen LogP contribution is 2.12. The fourth-order valence-electron chi connectivity index (χ4n) is 2.92. The maximum atomic E-state index is 11.7. The molecule has 0 aromatic heterocycles. The number of carbonyl (C=O) groups excluding carboxylic acids is 1. The number of unbranched alkanes of at least 4 members (excludes halogenated alkanes) is 12. The Kier molecular flexibility index (Phi) is 20.7. The number of quaternary nitrogens is 1. The maximum absolute atomic E-state index is 11.7. The number of hydrogen-bond acceptors (Lipinski definition) is 1. The summed E-state index contributed by atoms with van der Waals surface area (Å²) >= 11 is 0. The lowest BCUT2D eigenvalue weighted by Crippen LogP contribution is -3.00. The average Bonchev–Trinajstić information content (AvgIpc) is 2.50. The molecule has 0 radical (unpaired) electrons. The summed E-state index contributed by atoms with van der Waals surface area (Å²) in [6.07, 6.45) is 18.3. The summed E-state index contributed by atoms with van der Waals surface area (Å²) in [6, 6.07) is 0. The zero-order valence-electron chi connectivity index (χ0n) is 17.5. The molecule has 0 fully saturated rings. The number of carbonyl (C=O) groups is 1. The highest BCUT2D eigenvalue weighted by molar-refractivity contribution is 5.75. The average molecular weight is 469 g/mol. The third-order valence-electron chi connectivity index (χ3n) is 4.61. The van der Waals surface area contributed by atoms with Crippen LogP contribution in [-0.4, -0.2) is 44.6 Å². The molecule has 0 unspecified atom stereocenters. The largest absolute Gasteiger partial charge is 1.00 e. The quantitative estimate of drug-likeness (QED) is 0.198. The van der Waals surface area contributed by atoms with Gasteiger partial charge in [-0.2, -0.15) is 0 Å². The van der Waals surface area contributed by atoms with Gasteiger partial charge in [-0.25, -0.2) is 0 Å². The molecule has 0 saturated carbocycles. The van der Waals surface area contributed by atoms with E-state index in [0.717, 1.165) is 24.0 Å². The Labute approximate surface area is 175 Å². The molecule has 1 amide bonds. The van der Waals surface area contributed by atoms with E-state index in [1.165, 1.54) is 77.0 Å². The first-order chi connectivity index (χ1) is 11.5. The number of likely N-dealkylation sites (N-methyl/N-ethyl adjacent to an activating group) is 1. The van der Waals surface area contributed by atoms with Gasteiger partial charge >= 0.3 is 0 Å². The molecular weight excluding hydrogens is 423 g/mol. The molecule has 0 spiro atoms. The number of nitrogens with one attached hydrogen (secondary N) is 1. The van der Waals surface area contributed by atoms with E-state index in [1.54, 1.807) is 0 Å². The van der Waals surface area contributed by atoms with Gasteiger partial charge < -0.3 is 33.8 Å². The Morgan fingerprint density at radius 1 is 0.720 bits per heavy atom. The lowest BCUT2D eigenvalue weighted by molar-refractivity contribution is -0.869. The molecule has 3 nitrogen and oxygen atoms in total. The summed E-state index contributed by atoms with van der Waals surface area (Å²) < 4.78 is 0.902. The summed E-state index contributed by atoms with van der Waals surface area (Å²) in [5.74, 6) is 0.228. The number of nitrogens with zero attached hydrogens (tertiary/aromatic N) is 1. The fourth-order valence-corrected chi connectivity index (χ4v) is 2.92. The normalized spacial score (nSPS) is 11.2. The van der Waals surface area contributed by atoms with Gasteiger partial charge in [-0.3, -0.25) is 4.79 Å². The van der Waals surface area contributed by atoms with Crippen molar-refractivity contribution >= 4 is 5.91 Å². The van der Waals surface area contributed by atoms with Crippen molar-refractivity contribution in [2.75, 3.05) is 34.2 Å². The van der Waals surface area contributed by atoms with Crippen LogP contribution >= 0.6 is 0 Å². The predicted octanol–water partition coefficient (Wildman–Crippen LogP) is 2.29. The Morgan fingerprint density at radius 2 is 1.12 bits per heavy atom. The molecule has 0 saturated heterocycles. The van der Waals surface area contributed by atoms with Crippen LogP contribution in [0.4, 0.5) is 0 Å². The second-order valence-electron chi connectivity index (χ2n) is 8.36. The van der Waals surface area contributed by atoms with Gasteiger partial charge in [0, 0.05) is 6.42 Å². The first-order valence-electron chi connectivity index (χ1n) is 10.5. The molecule has 0 bridgehead atoms. The fraction of sp³-hybridized carbons (Fsp3) is 0.952. The van der Waals surface area contributed by atoms with Crippen molar-refractivity contribution in [3.63, 3.8) is 0 Å². The smallest absolute Gasteiger partial charge is 0.220 e. The van der Waals surface area contributed by atoms with Crippen molar-refractivity contribution in [3.05, 3.63) is 0 Å². The molecule has 0 aromatic rings. The molecule has 0 aliphatic heterocycles. The van der Waals surface area contributed by atoms with Crippen LogP contribution in [0, 0.1) is 0 Å². The van der Waals surface area contributed by atoms with Crippen LogP contribution in [0.1, 0.15) is 96.8 Å². The van der Waals surface area contributed by atoms with E-state index in [9.17, 15) is 4.79 Å². The van der Waals surface area contributed by atoms with E-state index >= 15 is 0 Å². The van der Waals surface area contributed by atoms with Crippen LogP contribution in [0.5, 0.6) is 0 Å². The standard InChI is InChI=1S/C21H44N2O.HI/c1-5-6-7-8-9-10-11-12-13-14-15-16-17-18-21(24)22-19-20-23(2,3)4;/h5-20H2,1-4H3;1H. The molecule has 0 aliphatic rings. The molecular formula is C21H45IN2O. The van der Waals surface area contributed by atoms with E-state index in [-0.39, 0.29) is 29.9 Å². The van der Waals surface area contributed by atoms with Crippen LogP contribution in [0.25, 0.3) is 0 Å². The lowest BCUT2D eigenvalue weighted by Gasteiger charge is -2.23. The minimum absolute atomic E-state index is 0. The van der Waals surface area contributed by atoms with Crippen molar-refractivity contribution in [1.29, 1.82) is 0 Å². The van der Waals surface area contributed by atoms with Gasteiger partial charge in [-0.05, 0) is 6.42 Å². The minimum atomic E-state index is 0. The second-order valence-corrected chi connectivity index (χ2v) is 8.36. The van der Waals surface area contributed by atoms with Crippen LogP contribution in [0.3, 0.4) is 0 Å². The monoisotopic (exact) mass is 468 g/mol. The lowest BCUT2D eigenvalue weighted by atomic mass is 10.0. The van der Waals surface area contributed by atoms with Crippen molar-refractivity contribution < 1.29 is 33.3 Å². The molecule has 4 heteroatoms. The van der Waals surface area contributed by atoms with E-state index in [4.69, 9.17) is 0 Å². The van der Waals surface area contributed by atoms with Crippen LogP contribution in [0.15, 0.2) is 0 Å². The predicted molar refractivity (Wildman–Crippen MR) is 106 cm³/mol. The summed E-state index contributed by atoms with van der Waals surface area (Å²) in [5, 5.41) is 3.03.